The van der Waals surface area contributed by atoms with Gasteiger partial charge < -0.3 is 16.2 Å². The molecular formula is C11H19N3OS. The fourth-order valence-corrected chi connectivity index (χ4v) is 2.98. The molecule has 0 bridgehead atoms. The van der Waals surface area contributed by atoms with Crippen LogP contribution in [0.5, 0.6) is 0 Å². The molecule has 2 rings (SSSR count). The second-order valence-electron chi connectivity index (χ2n) is 4.85. The number of nitrogens with two attached hydrogens (primary N) is 1. The minimum atomic E-state index is -0.571. The number of thiazole rings is 1. The fourth-order valence-electron chi connectivity index (χ4n) is 2.40. The van der Waals surface area contributed by atoms with E-state index in [2.05, 4.69) is 17.2 Å². The summed E-state index contributed by atoms with van der Waals surface area (Å²) in [7, 11) is 0. The van der Waals surface area contributed by atoms with Crippen molar-refractivity contribution in [1.29, 1.82) is 0 Å². The Morgan fingerprint density at radius 1 is 1.75 bits per heavy atom. The highest BCUT2D eigenvalue weighted by Gasteiger charge is 2.32. The summed E-state index contributed by atoms with van der Waals surface area (Å²) in [5.41, 5.74) is 5.02. The number of rotatable bonds is 3. The molecule has 2 unspecified atom stereocenters. The van der Waals surface area contributed by atoms with Crippen LogP contribution in [0, 0.1) is 5.92 Å². The van der Waals surface area contributed by atoms with E-state index < -0.39 is 5.60 Å². The first-order chi connectivity index (χ1) is 7.57. The lowest BCUT2D eigenvalue weighted by Crippen LogP contribution is -2.41. The standard InChI is InChI=1S/C11H19N3OS/c1-8-3-2-4-11(15,5-8)7-14-10-13-6-9(12)16-10/h6,8,15H,2-5,7,12H2,1H3,(H,13,14). The highest BCUT2D eigenvalue weighted by atomic mass is 32.1. The summed E-state index contributed by atoms with van der Waals surface area (Å²) in [6.45, 7) is 2.77. The molecule has 4 nitrogen and oxygen atoms in total. The van der Waals surface area contributed by atoms with E-state index in [4.69, 9.17) is 5.73 Å². The van der Waals surface area contributed by atoms with Gasteiger partial charge in [0.1, 0.15) is 5.00 Å². The monoisotopic (exact) mass is 241 g/mol. The third-order valence-corrected chi connectivity index (χ3v) is 3.94. The van der Waals surface area contributed by atoms with Crippen LogP contribution in [0.25, 0.3) is 0 Å². The number of aliphatic hydroxyl groups is 1. The minimum absolute atomic E-state index is 0.571. The molecule has 2 atom stereocenters. The molecule has 4 N–H and O–H groups in total. The van der Waals surface area contributed by atoms with Gasteiger partial charge >= 0.3 is 0 Å². The van der Waals surface area contributed by atoms with Gasteiger partial charge in [0.25, 0.3) is 0 Å². The second kappa shape index (κ2) is 4.59. The number of aromatic nitrogens is 1. The van der Waals surface area contributed by atoms with Crippen LogP contribution in [0.1, 0.15) is 32.6 Å². The number of nitrogens with one attached hydrogen (secondary N) is 1. The van der Waals surface area contributed by atoms with Crippen LogP contribution >= 0.6 is 11.3 Å². The van der Waals surface area contributed by atoms with E-state index in [0.29, 0.717) is 17.5 Å². The molecule has 1 saturated carbocycles. The number of nitrogen functional groups attached to an aromatic ring is 1. The molecule has 0 amide bonds. The SMILES string of the molecule is CC1CCCC(O)(CNc2ncc(N)s2)C1. The molecule has 0 spiro atoms. The lowest BCUT2D eigenvalue weighted by molar-refractivity contribution is -0.000763. The van der Waals surface area contributed by atoms with E-state index in [1.807, 2.05) is 0 Å². The maximum Gasteiger partial charge on any atom is 0.184 e. The molecule has 16 heavy (non-hydrogen) atoms. The molecule has 1 aliphatic carbocycles. The van der Waals surface area contributed by atoms with Gasteiger partial charge in [-0.3, -0.25) is 0 Å². The first-order valence-corrected chi connectivity index (χ1v) is 6.57. The average molecular weight is 241 g/mol. The first-order valence-electron chi connectivity index (χ1n) is 5.75. The van der Waals surface area contributed by atoms with Gasteiger partial charge in [0.05, 0.1) is 11.8 Å². The summed E-state index contributed by atoms with van der Waals surface area (Å²) in [4.78, 5) is 4.12. The summed E-state index contributed by atoms with van der Waals surface area (Å²) in [5, 5.41) is 15.1. The lowest BCUT2D eigenvalue weighted by Gasteiger charge is -2.35. The summed E-state index contributed by atoms with van der Waals surface area (Å²) >= 11 is 1.42. The molecule has 0 radical (unpaired) electrons. The molecule has 1 aromatic rings. The van der Waals surface area contributed by atoms with Gasteiger partial charge in [-0.05, 0) is 18.8 Å². The Labute approximate surface area is 99.9 Å². The zero-order valence-electron chi connectivity index (χ0n) is 9.57. The van der Waals surface area contributed by atoms with Gasteiger partial charge in [0.15, 0.2) is 5.13 Å². The number of hydrogen-bond acceptors (Lipinski definition) is 5. The molecule has 1 aliphatic rings. The van der Waals surface area contributed by atoms with E-state index in [-0.39, 0.29) is 0 Å². The van der Waals surface area contributed by atoms with Crippen molar-refractivity contribution in [2.24, 2.45) is 5.92 Å². The number of nitrogens with zero attached hydrogens (tertiary/aromatic N) is 1. The Balaban J connectivity index is 1.88. The van der Waals surface area contributed by atoms with Gasteiger partial charge in [0, 0.05) is 6.54 Å². The Bertz CT molecular complexity index is 355. The van der Waals surface area contributed by atoms with Gasteiger partial charge in [-0.2, -0.15) is 0 Å². The summed E-state index contributed by atoms with van der Waals surface area (Å²) in [5.74, 6) is 0.613. The van der Waals surface area contributed by atoms with E-state index in [1.54, 1.807) is 6.20 Å². The summed E-state index contributed by atoms with van der Waals surface area (Å²) in [6.07, 6.45) is 5.73. The molecule has 1 aromatic heterocycles. The highest BCUT2D eigenvalue weighted by molar-refractivity contribution is 7.19. The predicted molar refractivity (Wildman–Crippen MR) is 67.6 cm³/mol. The van der Waals surface area contributed by atoms with Crippen molar-refractivity contribution in [1.82, 2.24) is 4.98 Å². The summed E-state index contributed by atoms with van der Waals surface area (Å²) < 4.78 is 0. The Kier molecular flexibility index (Phi) is 3.35. The van der Waals surface area contributed by atoms with Crippen LogP contribution in [-0.2, 0) is 0 Å². The topological polar surface area (TPSA) is 71.2 Å². The maximum atomic E-state index is 10.4. The maximum absolute atomic E-state index is 10.4. The Morgan fingerprint density at radius 3 is 3.19 bits per heavy atom. The predicted octanol–water partition coefficient (Wildman–Crippen LogP) is 2.08. The first kappa shape index (κ1) is 11.7. The summed E-state index contributed by atoms with van der Waals surface area (Å²) in [6, 6.07) is 0. The van der Waals surface area contributed by atoms with Crippen molar-refractivity contribution in [3.8, 4) is 0 Å². The normalized spacial score (nSPS) is 30.2. The van der Waals surface area contributed by atoms with E-state index in [9.17, 15) is 5.11 Å². The largest absolute Gasteiger partial charge is 0.389 e. The van der Waals surface area contributed by atoms with E-state index in [1.165, 1.54) is 17.8 Å². The molecule has 1 fully saturated rings. The zero-order chi connectivity index (χ0) is 11.6. The Hall–Kier alpha value is -0.810. The van der Waals surface area contributed by atoms with Gasteiger partial charge in [0.2, 0.25) is 0 Å². The smallest absolute Gasteiger partial charge is 0.184 e. The number of hydrogen-bond donors (Lipinski definition) is 3. The van der Waals surface area contributed by atoms with Crippen LogP contribution in [-0.4, -0.2) is 22.2 Å². The lowest BCUT2D eigenvalue weighted by atomic mass is 9.79. The van der Waals surface area contributed by atoms with Crippen LogP contribution in [0.3, 0.4) is 0 Å². The van der Waals surface area contributed by atoms with E-state index >= 15 is 0 Å². The van der Waals surface area contributed by atoms with Crippen LogP contribution < -0.4 is 11.1 Å². The van der Waals surface area contributed by atoms with Crippen molar-refractivity contribution >= 4 is 21.5 Å². The highest BCUT2D eigenvalue weighted by Crippen LogP contribution is 2.32. The zero-order valence-corrected chi connectivity index (χ0v) is 10.4. The molecule has 90 valence electrons. The van der Waals surface area contributed by atoms with Crippen molar-refractivity contribution in [3.63, 3.8) is 0 Å². The molecular weight excluding hydrogens is 222 g/mol. The third-order valence-electron chi connectivity index (χ3n) is 3.16. The number of anilines is 2. The van der Waals surface area contributed by atoms with Gasteiger partial charge in [-0.25, -0.2) is 4.98 Å². The van der Waals surface area contributed by atoms with Crippen molar-refractivity contribution < 1.29 is 5.11 Å². The van der Waals surface area contributed by atoms with Gasteiger partial charge in [-0.1, -0.05) is 31.1 Å². The van der Waals surface area contributed by atoms with Crippen molar-refractivity contribution in [3.05, 3.63) is 6.20 Å². The van der Waals surface area contributed by atoms with Crippen LogP contribution in [0.4, 0.5) is 10.1 Å². The molecule has 5 heteroatoms. The molecule has 1 heterocycles. The molecule has 0 aliphatic heterocycles. The van der Waals surface area contributed by atoms with Crippen molar-refractivity contribution in [2.75, 3.05) is 17.6 Å². The van der Waals surface area contributed by atoms with Crippen LogP contribution in [0.15, 0.2) is 6.20 Å². The minimum Gasteiger partial charge on any atom is -0.389 e. The second-order valence-corrected chi connectivity index (χ2v) is 5.91. The van der Waals surface area contributed by atoms with Crippen LogP contribution in [0.2, 0.25) is 0 Å². The van der Waals surface area contributed by atoms with Gasteiger partial charge in [-0.15, -0.1) is 0 Å². The van der Waals surface area contributed by atoms with E-state index in [0.717, 1.165) is 24.4 Å². The fraction of sp³-hybridized carbons (Fsp3) is 0.727. The average Bonchev–Trinajstić information content (AvgIpc) is 2.61. The Morgan fingerprint density at radius 2 is 2.56 bits per heavy atom. The molecule has 0 aromatic carbocycles. The molecule has 0 saturated heterocycles. The van der Waals surface area contributed by atoms with Crippen molar-refractivity contribution in [2.45, 2.75) is 38.2 Å². The third kappa shape index (κ3) is 2.86. The quantitative estimate of drug-likeness (QED) is 0.757.